The van der Waals surface area contributed by atoms with Crippen molar-refractivity contribution in [2.45, 2.75) is 32.2 Å². The van der Waals surface area contributed by atoms with Crippen LogP contribution in [0.5, 0.6) is 5.75 Å². The van der Waals surface area contributed by atoms with Gasteiger partial charge in [-0.25, -0.2) is 0 Å². The van der Waals surface area contributed by atoms with Gasteiger partial charge in [0.2, 0.25) is 0 Å². The van der Waals surface area contributed by atoms with E-state index in [0.717, 1.165) is 31.6 Å². The zero-order valence-corrected chi connectivity index (χ0v) is 8.62. The molecule has 2 rings (SSSR count). The number of hydrogen-bond donors (Lipinski definition) is 1. The maximum Gasteiger partial charge on any atom is 0.124 e. The van der Waals surface area contributed by atoms with Crippen LogP contribution >= 0.6 is 0 Å². The molecule has 1 aromatic rings. The summed E-state index contributed by atoms with van der Waals surface area (Å²) in [6, 6.07) is 6.51. The Balaban J connectivity index is 2.39. The first-order valence-corrected chi connectivity index (χ1v) is 5.32. The van der Waals surface area contributed by atoms with Gasteiger partial charge < -0.3 is 10.5 Å². The molecule has 2 heteroatoms. The normalized spacial score (nSPS) is 20.9. The number of nitrogens with two attached hydrogens (primary N) is 1. The first-order valence-electron chi connectivity index (χ1n) is 5.32. The molecule has 1 aliphatic heterocycles. The molecule has 0 bridgehead atoms. The molecule has 2 nitrogen and oxygen atoms in total. The van der Waals surface area contributed by atoms with E-state index in [4.69, 9.17) is 10.5 Å². The lowest BCUT2D eigenvalue weighted by atomic mass is 10.00. The Morgan fingerprint density at radius 1 is 1.50 bits per heavy atom. The van der Waals surface area contributed by atoms with Gasteiger partial charge in [0.05, 0.1) is 6.61 Å². The van der Waals surface area contributed by atoms with Gasteiger partial charge in [0.25, 0.3) is 0 Å². The van der Waals surface area contributed by atoms with Crippen molar-refractivity contribution in [1.82, 2.24) is 0 Å². The van der Waals surface area contributed by atoms with E-state index in [-0.39, 0.29) is 6.04 Å². The number of aryl methyl sites for hydroxylation is 1. The average molecular weight is 191 g/mol. The summed E-state index contributed by atoms with van der Waals surface area (Å²) < 4.78 is 5.64. The molecule has 0 saturated carbocycles. The fourth-order valence-electron chi connectivity index (χ4n) is 1.88. The summed E-state index contributed by atoms with van der Waals surface area (Å²) in [7, 11) is 0. The molecule has 2 N–H and O–H groups in total. The highest BCUT2D eigenvalue weighted by atomic mass is 16.5. The zero-order chi connectivity index (χ0) is 9.97. The van der Waals surface area contributed by atoms with Crippen molar-refractivity contribution in [1.29, 1.82) is 0 Å². The third-order valence-electron chi connectivity index (χ3n) is 2.80. The predicted octanol–water partition coefficient (Wildman–Crippen LogP) is 2.42. The van der Waals surface area contributed by atoms with Gasteiger partial charge >= 0.3 is 0 Å². The van der Waals surface area contributed by atoms with Gasteiger partial charge in [-0.15, -0.1) is 0 Å². The van der Waals surface area contributed by atoms with Crippen LogP contribution in [-0.4, -0.2) is 6.61 Å². The molecule has 0 aromatic heterocycles. The molecule has 1 atom stereocenters. The summed E-state index contributed by atoms with van der Waals surface area (Å²) in [6.07, 6.45) is 3.14. The average Bonchev–Trinajstić information content (AvgIpc) is 2.40. The van der Waals surface area contributed by atoms with Gasteiger partial charge in [-0.05, 0) is 30.9 Å². The highest BCUT2D eigenvalue weighted by Gasteiger charge is 2.16. The maximum atomic E-state index is 6.09. The topological polar surface area (TPSA) is 35.2 Å². The van der Waals surface area contributed by atoms with E-state index in [2.05, 4.69) is 25.1 Å². The van der Waals surface area contributed by atoms with Gasteiger partial charge in [0.15, 0.2) is 0 Å². The minimum Gasteiger partial charge on any atom is -0.493 e. The highest BCUT2D eigenvalue weighted by Crippen LogP contribution is 2.30. The van der Waals surface area contributed by atoms with Crippen LogP contribution in [0, 0.1) is 0 Å². The molecular weight excluding hydrogens is 174 g/mol. The van der Waals surface area contributed by atoms with Gasteiger partial charge in [-0.1, -0.05) is 19.1 Å². The third-order valence-corrected chi connectivity index (χ3v) is 2.80. The Hall–Kier alpha value is -1.02. The number of benzene rings is 1. The summed E-state index contributed by atoms with van der Waals surface area (Å²) in [4.78, 5) is 0. The number of rotatable bonds is 1. The summed E-state index contributed by atoms with van der Waals surface area (Å²) in [5.74, 6) is 0.979. The van der Waals surface area contributed by atoms with Crippen LogP contribution in [0.15, 0.2) is 18.2 Å². The SMILES string of the molecule is CCc1ccc2c(c1)C(N)CCCO2. The number of hydrogen-bond acceptors (Lipinski definition) is 2. The minimum atomic E-state index is 0.152. The van der Waals surface area contributed by atoms with E-state index in [1.807, 2.05) is 0 Å². The molecule has 76 valence electrons. The number of ether oxygens (including phenoxy) is 1. The molecule has 1 unspecified atom stereocenters. The molecule has 0 radical (unpaired) electrons. The van der Waals surface area contributed by atoms with E-state index < -0.39 is 0 Å². The first-order chi connectivity index (χ1) is 6.81. The molecular formula is C12H17NO. The Morgan fingerprint density at radius 2 is 2.36 bits per heavy atom. The van der Waals surface area contributed by atoms with E-state index in [0.29, 0.717) is 0 Å². The quantitative estimate of drug-likeness (QED) is 0.740. The Bertz CT molecular complexity index is 322. The largest absolute Gasteiger partial charge is 0.493 e. The fourth-order valence-corrected chi connectivity index (χ4v) is 1.88. The van der Waals surface area contributed by atoms with E-state index >= 15 is 0 Å². The molecule has 14 heavy (non-hydrogen) atoms. The second-order valence-electron chi connectivity index (χ2n) is 3.82. The van der Waals surface area contributed by atoms with E-state index in [9.17, 15) is 0 Å². The second kappa shape index (κ2) is 4.01. The van der Waals surface area contributed by atoms with Gasteiger partial charge in [-0.3, -0.25) is 0 Å². The highest BCUT2D eigenvalue weighted by molar-refractivity contribution is 5.39. The van der Waals surface area contributed by atoms with Crippen LogP contribution in [0.3, 0.4) is 0 Å². The Morgan fingerprint density at radius 3 is 3.14 bits per heavy atom. The van der Waals surface area contributed by atoms with Crippen molar-refractivity contribution in [3.63, 3.8) is 0 Å². The van der Waals surface area contributed by atoms with Crippen LogP contribution in [0.4, 0.5) is 0 Å². The molecule has 0 fully saturated rings. The molecule has 1 aromatic carbocycles. The van der Waals surface area contributed by atoms with Crippen molar-refractivity contribution in [3.05, 3.63) is 29.3 Å². The van der Waals surface area contributed by atoms with Crippen LogP contribution in [0.25, 0.3) is 0 Å². The second-order valence-corrected chi connectivity index (χ2v) is 3.82. The lowest BCUT2D eigenvalue weighted by molar-refractivity contribution is 0.316. The lowest BCUT2D eigenvalue weighted by Gasteiger charge is -2.12. The van der Waals surface area contributed by atoms with Crippen molar-refractivity contribution in [2.75, 3.05) is 6.61 Å². The third kappa shape index (κ3) is 1.75. The van der Waals surface area contributed by atoms with Crippen LogP contribution in [0.2, 0.25) is 0 Å². The molecule has 1 aliphatic rings. The van der Waals surface area contributed by atoms with Crippen molar-refractivity contribution < 1.29 is 4.74 Å². The van der Waals surface area contributed by atoms with Crippen LogP contribution in [0.1, 0.15) is 36.9 Å². The molecule has 0 aliphatic carbocycles. The molecule has 0 amide bonds. The zero-order valence-electron chi connectivity index (χ0n) is 8.62. The number of fused-ring (bicyclic) bond motifs is 1. The van der Waals surface area contributed by atoms with Crippen molar-refractivity contribution >= 4 is 0 Å². The first kappa shape index (κ1) is 9.53. The predicted molar refractivity (Wildman–Crippen MR) is 57.5 cm³/mol. The summed E-state index contributed by atoms with van der Waals surface area (Å²) >= 11 is 0. The monoisotopic (exact) mass is 191 g/mol. The van der Waals surface area contributed by atoms with Crippen molar-refractivity contribution in [3.8, 4) is 5.75 Å². The minimum absolute atomic E-state index is 0.152. The van der Waals surface area contributed by atoms with Gasteiger partial charge in [-0.2, -0.15) is 0 Å². The van der Waals surface area contributed by atoms with Crippen LogP contribution in [-0.2, 0) is 6.42 Å². The summed E-state index contributed by atoms with van der Waals surface area (Å²) in [5, 5.41) is 0. The summed E-state index contributed by atoms with van der Waals surface area (Å²) in [6.45, 7) is 2.96. The molecule has 0 saturated heterocycles. The summed E-state index contributed by atoms with van der Waals surface area (Å²) in [5.41, 5.74) is 8.61. The maximum absolute atomic E-state index is 6.09. The van der Waals surface area contributed by atoms with E-state index in [1.54, 1.807) is 0 Å². The Kier molecular flexibility index (Phi) is 2.73. The standard InChI is InChI=1S/C12H17NO/c1-2-9-5-6-12-10(8-9)11(13)4-3-7-14-12/h5-6,8,11H,2-4,7,13H2,1H3. The van der Waals surface area contributed by atoms with Gasteiger partial charge in [0.1, 0.15) is 5.75 Å². The fraction of sp³-hybridized carbons (Fsp3) is 0.500. The molecule has 1 heterocycles. The van der Waals surface area contributed by atoms with Crippen LogP contribution < -0.4 is 10.5 Å². The van der Waals surface area contributed by atoms with E-state index in [1.165, 1.54) is 11.1 Å². The smallest absolute Gasteiger partial charge is 0.124 e. The molecule has 0 spiro atoms. The van der Waals surface area contributed by atoms with Crippen molar-refractivity contribution in [2.24, 2.45) is 5.73 Å². The van der Waals surface area contributed by atoms with Gasteiger partial charge in [0, 0.05) is 11.6 Å². The Labute approximate surface area is 85.1 Å². The lowest BCUT2D eigenvalue weighted by Crippen LogP contribution is -2.09.